The first kappa shape index (κ1) is 16.3. The maximum absolute atomic E-state index is 12.5. The lowest BCUT2D eigenvalue weighted by atomic mass is 10.1. The minimum absolute atomic E-state index is 0.0461. The summed E-state index contributed by atoms with van der Waals surface area (Å²) in [7, 11) is 1.41. The molecule has 110 valence electrons. The lowest BCUT2D eigenvalue weighted by Crippen LogP contribution is -2.27. The Balaban J connectivity index is 2.85. The Morgan fingerprint density at radius 2 is 2.15 bits per heavy atom. The number of para-hydroxylation sites is 1. The number of rotatable bonds is 8. The van der Waals surface area contributed by atoms with Crippen LogP contribution in [0, 0.1) is 12.3 Å². The third kappa shape index (κ3) is 4.71. The van der Waals surface area contributed by atoms with Gasteiger partial charge in [0.2, 0.25) is 0 Å². The van der Waals surface area contributed by atoms with Crippen molar-refractivity contribution < 1.29 is 18.3 Å². The van der Waals surface area contributed by atoms with Gasteiger partial charge in [0.15, 0.2) is 11.5 Å². The molecule has 3 nitrogen and oxygen atoms in total. The molecule has 5 heteroatoms. The van der Waals surface area contributed by atoms with Gasteiger partial charge >= 0.3 is 6.61 Å². The molecule has 1 aromatic carbocycles. The van der Waals surface area contributed by atoms with Gasteiger partial charge in [-0.05, 0) is 12.5 Å². The first-order chi connectivity index (χ1) is 9.62. The summed E-state index contributed by atoms with van der Waals surface area (Å²) in [4.78, 5) is 0. The molecule has 0 spiro atoms. The van der Waals surface area contributed by atoms with Crippen molar-refractivity contribution in [2.24, 2.45) is 0 Å². The van der Waals surface area contributed by atoms with Gasteiger partial charge in [0.05, 0.1) is 13.2 Å². The van der Waals surface area contributed by atoms with Gasteiger partial charge in [-0.2, -0.15) is 8.78 Å². The molecule has 0 heterocycles. The Morgan fingerprint density at radius 1 is 1.40 bits per heavy atom. The number of ether oxygens (including phenoxy) is 2. The van der Waals surface area contributed by atoms with E-state index in [4.69, 9.17) is 11.2 Å². The van der Waals surface area contributed by atoms with E-state index in [0.29, 0.717) is 12.1 Å². The molecular weight excluding hydrogens is 264 g/mol. The van der Waals surface area contributed by atoms with Crippen LogP contribution in [0.4, 0.5) is 8.78 Å². The zero-order valence-electron chi connectivity index (χ0n) is 11.7. The molecule has 0 bridgehead atoms. The fraction of sp³-hybridized carbons (Fsp3) is 0.467. The number of alkyl halides is 2. The van der Waals surface area contributed by atoms with E-state index >= 15 is 0 Å². The average molecular weight is 283 g/mol. The van der Waals surface area contributed by atoms with Crippen LogP contribution in [-0.2, 0) is 6.54 Å². The number of halogens is 2. The molecule has 1 aromatic rings. The van der Waals surface area contributed by atoms with Crippen LogP contribution in [0.3, 0.4) is 0 Å². The van der Waals surface area contributed by atoms with Crippen LogP contribution in [-0.4, -0.2) is 19.8 Å². The molecule has 0 aliphatic heterocycles. The molecule has 0 amide bonds. The summed E-state index contributed by atoms with van der Waals surface area (Å²) in [6.07, 6.45) is 7.18. The van der Waals surface area contributed by atoms with E-state index in [9.17, 15) is 8.78 Å². The van der Waals surface area contributed by atoms with E-state index in [2.05, 4.69) is 16.0 Å². The predicted molar refractivity (Wildman–Crippen MR) is 74.0 cm³/mol. The SMILES string of the molecule is C#CC(CCC)NCc1cccc(OC)c1OC(F)F. The van der Waals surface area contributed by atoms with Crippen molar-refractivity contribution in [3.8, 4) is 23.8 Å². The average Bonchev–Trinajstić information content (AvgIpc) is 2.44. The maximum Gasteiger partial charge on any atom is 0.387 e. The predicted octanol–water partition coefficient (Wildman–Crippen LogP) is 3.19. The van der Waals surface area contributed by atoms with E-state index in [1.165, 1.54) is 7.11 Å². The Kier molecular flexibility index (Phi) is 6.82. The topological polar surface area (TPSA) is 30.5 Å². The molecule has 1 N–H and O–H groups in total. The Hall–Kier alpha value is -1.80. The maximum atomic E-state index is 12.5. The van der Waals surface area contributed by atoms with Crippen LogP contribution < -0.4 is 14.8 Å². The number of hydrogen-bond donors (Lipinski definition) is 1. The van der Waals surface area contributed by atoms with Gasteiger partial charge in [-0.25, -0.2) is 0 Å². The molecule has 20 heavy (non-hydrogen) atoms. The van der Waals surface area contributed by atoms with E-state index in [-0.39, 0.29) is 17.5 Å². The molecular formula is C15H19F2NO2. The van der Waals surface area contributed by atoms with E-state index in [0.717, 1.165) is 12.8 Å². The van der Waals surface area contributed by atoms with Gasteiger partial charge < -0.3 is 9.47 Å². The minimum Gasteiger partial charge on any atom is -0.493 e. The van der Waals surface area contributed by atoms with Crippen LogP contribution in [0.5, 0.6) is 11.5 Å². The molecule has 0 aliphatic rings. The largest absolute Gasteiger partial charge is 0.493 e. The smallest absolute Gasteiger partial charge is 0.387 e. The number of methoxy groups -OCH3 is 1. The summed E-state index contributed by atoms with van der Waals surface area (Å²) in [5, 5.41) is 3.14. The lowest BCUT2D eigenvalue weighted by molar-refractivity contribution is -0.0518. The van der Waals surface area contributed by atoms with Crippen LogP contribution >= 0.6 is 0 Å². The summed E-state index contributed by atoms with van der Waals surface area (Å²) in [6, 6.07) is 4.91. The normalized spacial score (nSPS) is 12.0. The second-order valence-corrected chi connectivity index (χ2v) is 4.22. The third-order valence-corrected chi connectivity index (χ3v) is 2.80. The summed E-state index contributed by atoms with van der Waals surface area (Å²) < 4.78 is 34.5. The standard InChI is InChI=1S/C15H19F2NO2/c1-4-7-12(5-2)18-10-11-8-6-9-13(19-3)14(11)20-15(16)17/h2,6,8-9,12,15,18H,4,7,10H2,1,3H3. The van der Waals surface area contributed by atoms with Gasteiger partial charge in [-0.1, -0.05) is 31.4 Å². The zero-order valence-corrected chi connectivity index (χ0v) is 11.7. The summed E-state index contributed by atoms with van der Waals surface area (Å²) in [5.41, 5.74) is 0.584. The summed E-state index contributed by atoms with van der Waals surface area (Å²) in [5.74, 6) is 2.95. The van der Waals surface area contributed by atoms with Crippen molar-refractivity contribution >= 4 is 0 Å². The molecule has 0 aliphatic carbocycles. The number of hydrogen-bond acceptors (Lipinski definition) is 3. The molecule has 1 rings (SSSR count). The summed E-state index contributed by atoms with van der Waals surface area (Å²) >= 11 is 0. The van der Waals surface area contributed by atoms with Crippen molar-refractivity contribution in [1.82, 2.24) is 5.32 Å². The number of nitrogens with one attached hydrogen (secondary N) is 1. The highest BCUT2D eigenvalue weighted by Gasteiger charge is 2.15. The first-order valence-electron chi connectivity index (χ1n) is 6.42. The highest BCUT2D eigenvalue weighted by molar-refractivity contribution is 5.46. The van der Waals surface area contributed by atoms with Crippen LogP contribution in [0.1, 0.15) is 25.3 Å². The van der Waals surface area contributed by atoms with Crippen LogP contribution in [0.25, 0.3) is 0 Å². The molecule has 1 atom stereocenters. The lowest BCUT2D eigenvalue weighted by Gasteiger charge is -2.17. The second kappa shape index (κ2) is 8.39. The highest BCUT2D eigenvalue weighted by atomic mass is 19.3. The molecule has 0 fully saturated rings. The fourth-order valence-electron chi connectivity index (χ4n) is 1.85. The molecule has 0 saturated heterocycles. The van der Waals surface area contributed by atoms with Crippen LogP contribution in [0.15, 0.2) is 18.2 Å². The minimum atomic E-state index is -2.90. The van der Waals surface area contributed by atoms with E-state index in [1.807, 2.05) is 6.92 Å². The number of terminal acetylenes is 1. The van der Waals surface area contributed by atoms with Crippen molar-refractivity contribution in [2.45, 2.75) is 39.0 Å². The molecule has 0 saturated carbocycles. The Labute approximate surface area is 118 Å². The van der Waals surface area contributed by atoms with Gasteiger partial charge in [0, 0.05) is 12.1 Å². The second-order valence-electron chi connectivity index (χ2n) is 4.22. The molecule has 0 aromatic heterocycles. The number of benzene rings is 1. The highest BCUT2D eigenvalue weighted by Crippen LogP contribution is 2.32. The van der Waals surface area contributed by atoms with Crippen molar-refractivity contribution in [1.29, 1.82) is 0 Å². The van der Waals surface area contributed by atoms with Crippen molar-refractivity contribution in [3.63, 3.8) is 0 Å². The summed E-state index contributed by atoms with van der Waals surface area (Å²) in [6.45, 7) is -0.527. The van der Waals surface area contributed by atoms with E-state index in [1.54, 1.807) is 18.2 Å². The zero-order chi connectivity index (χ0) is 15.0. The molecule has 1 unspecified atom stereocenters. The third-order valence-electron chi connectivity index (χ3n) is 2.80. The fourth-order valence-corrected chi connectivity index (χ4v) is 1.85. The van der Waals surface area contributed by atoms with Crippen LogP contribution in [0.2, 0.25) is 0 Å². The van der Waals surface area contributed by atoms with Crippen molar-refractivity contribution in [2.75, 3.05) is 7.11 Å². The Bertz CT molecular complexity index is 458. The van der Waals surface area contributed by atoms with Gasteiger partial charge in [-0.3, -0.25) is 5.32 Å². The quantitative estimate of drug-likeness (QED) is 0.743. The Morgan fingerprint density at radius 3 is 2.70 bits per heavy atom. The first-order valence-corrected chi connectivity index (χ1v) is 6.42. The van der Waals surface area contributed by atoms with E-state index < -0.39 is 6.61 Å². The van der Waals surface area contributed by atoms with Crippen molar-refractivity contribution in [3.05, 3.63) is 23.8 Å². The molecule has 0 radical (unpaired) electrons. The monoisotopic (exact) mass is 283 g/mol. The van der Waals surface area contributed by atoms with Gasteiger partial charge in [0.1, 0.15) is 0 Å². The van der Waals surface area contributed by atoms with Gasteiger partial charge in [0.25, 0.3) is 0 Å². The van der Waals surface area contributed by atoms with Gasteiger partial charge in [-0.15, -0.1) is 6.42 Å².